The molecule has 1 unspecified atom stereocenters. The smallest absolute Gasteiger partial charge is 0.171 e. The quantitative estimate of drug-likeness (QED) is 0.527. The number of halogens is 4. The summed E-state index contributed by atoms with van der Waals surface area (Å²) in [6, 6.07) is 0. The molecular weight excluding hydrogens is 280 g/mol. The molecule has 1 atom stereocenters. The molecule has 0 bridgehead atoms. The fourth-order valence-electron chi connectivity index (χ4n) is 1.05. The van der Waals surface area contributed by atoms with E-state index in [0.29, 0.717) is 10.8 Å². The second kappa shape index (κ2) is 6.05. The van der Waals surface area contributed by atoms with Gasteiger partial charge in [-0.2, -0.15) is 13.2 Å². The summed E-state index contributed by atoms with van der Waals surface area (Å²) in [5.41, 5.74) is 0. The minimum absolute atomic E-state index is 0.175. The summed E-state index contributed by atoms with van der Waals surface area (Å²) < 4.78 is 36.4. The zero-order valence-corrected chi connectivity index (χ0v) is 9.28. The van der Waals surface area contributed by atoms with Crippen molar-refractivity contribution < 1.29 is 13.2 Å². The first kappa shape index (κ1) is 12.5. The van der Waals surface area contributed by atoms with Gasteiger partial charge in [0.25, 0.3) is 0 Å². The molecule has 0 aliphatic carbocycles. The van der Waals surface area contributed by atoms with Gasteiger partial charge in [-0.3, -0.25) is 0 Å². The maximum Gasteiger partial charge on any atom is 0.389 e. The van der Waals surface area contributed by atoms with Crippen molar-refractivity contribution in [2.24, 2.45) is 5.92 Å². The first-order valence-electron chi connectivity index (χ1n) is 4.12. The van der Waals surface area contributed by atoms with Gasteiger partial charge >= 0.3 is 6.18 Å². The zero-order chi connectivity index (χ0) is 9.61. The Hall–Kier alpha value is 0.520. The second-order valence-electron chi connectivity index (χ2n) is 2.98. The molecule has 12 heavy (non-hydrogen) atoms. The van der Waals surface area contributed by atoms with Crippen LogP contribution in [0.25, 0.3) is 0 Å². The van der Waals surface area contributed by atoms with Gasteiger partial charge in [0.15, 0.2) is 0 Å². The highest BCUT2D eigenvalue weighted by Crippen LogP contribution is 2.28. The highest BCUT2D eigenvalue weighted by atomic mass is 127. The van der Waals surface area contributed by atoms with Gasteiger partial charge in [-0.05, 0) is 12.3 Å². The van der Waals surface area contributed by atoms with Crippen molar-refractivity contribution >= 4 is 22.6 Å². The monoisotopic (exact) mass is 294 g/mol. The Labute approximate surface area is 85.1 Å². The molecule has 0 rings (SSSR count). The van der Waals surface area contributed by atoms with E-state index in [0.717, 1.165) is 12.8 Å². The highest BCUT2D eigenvalue weighted by molar-refractivity contribution is 14.1. The van der Waals surface area contributed by atoms with Gasteiger partial charge in [0.1, 0.15) is 0 Å². The maximum atomic E-state index is 11.9. The number of alkyl halides is 4. The van der Waals surface area contributed by atoms with Gasteiger partial charge in [0.2, 0.25) is 0 Å². The first-order chi connectivity index (χ1) is 5.49. The van der Waals surface area contributed by atoms with Crippen molar-refractivity contribution in [3.63, 3.8) is 0 Å². The molecule has 0 aliphatic rings. The normalized spacial score (nSPS) is 14.8. The molecular formula is C8H14F3I. The van der Waals surface area contributed by atoms with E-state index in [1.165, 1.54) is 0 Å². The van der Waals surface area contributed by atoms with E-state index in [1.807, 2.05) is 29.5 Å². The van der Waals surface area contributed by atoms with E-state index in [1.54, 1.807) is 0 Å². The Kier molecular flexibility index (Phi) is 6.31. The molecule has 0 radical (unpaired) electrons. The molecule has 0 saturated carbocycles. The maximum absolute atomic E-state index is 11.9. The predicted octanol–water partition coefficient (Wildman–Crippen LogP) is 4.18. The lowest BCUT2D eigenvalue weighted by Gasteiger charge is -2.15. The Morgan fingerprint density at radius 1 is 1.33 bits per heavy atom. The van der Waals surface area contributed by atoms with Crippen molar-refractivity contribution in [3.8, 4) is 0 Å². The largest absolute Gasteiger partial charge is 0.389 e. The number of hydrogen-bond acceptors (Lipinski definition) is 0. The lowest BCUT2D eigenvalue weighted by Crippen LogP contribution is -2.16. The Morgan fingerprint density at radius 2 is 1.92 bits per heavy atom. The van der Waals surface area contributed by atoms with E-state index in [9.17, 15) is 13.2 Å². The predicted molar refractivity (Wildman–Crippen MR) is 52.6 cm³/mol. The standard InChI is InChI=1S/C8H14F3I/c1-2-3-4-7(6-12)5-8(9,10)11/h7H,2-6H2,1H3. The number of unbranched alkanes of at least 4 members (excludes halogenated alkanes) is 1. The molecule has 0 spiro atoms. The van der Waals surface area contributed by atoms with Gasteiger partial charge in [0.05, 0.1) is 0 Å². The van der Waals surface area contributed by atoms with E-state index < -0.39 is 12.6 Å². The van der Waals surface area contributed by atoms with E-state index in [4.69, 9.17) is 0 Å². The molecule has 0 aromatic rings. The van der Waals surface area contributed by atoms with Crippen molar-refractivity contribution in [1.82, 2.24) is 0 Å². The average Bonchev–Trinajstić information content (AvgIpc) is 1.95. The van der Waals surface area contributed by atoms with Gasteiger partial charge in [-0.25, -0.2) is 0 Å². The second-order valence-corrected chi connectivity index (χ2v) is 3.86. The molecule has 0 nitrogen and oxygen atoms in total. The lowest BCUT2D eigenvalue weighted by atomic mass is 10.0. The van der Waals surface area contributed by atoms with Crippen LogP contribution in [0.3, 0.4) is 0 Å². The van der Waals surface area contributed by atoms with E-state index in [2.05, 4.69) is 0 Å². The van der Waals surface area contributed by atoms with Gasteiger partial charge in [0, 0.05) is 10.8 Å². The Morgan fingerprint density at radius 3 is 2.25 bits per heavy atom. The molecule has 0 saturated heterocycles. The molecule has 0 amide bonds. The minimum atomic E-state index is -3.98. The third-order valence-electron chi connectivity index (χ3n) is 1.70. The average molecular weight is 294 g/mol. The van der Waals surface area contributed by atoms with Gasteiger partial charge < -0.3 is 0 Å². The molecule has 0 aromatic carbocycles. The van der Waals surface area contributed by atoms with Crippen LogP contribution in [0.1, 0.15) is 32.6 Å². The molecule has 0 heterocycles. The summed E-state index contributed by atoms with van der Waals surface area (Å²) in [6.07, 6.45) is -2.01. The summed E-state index contributed by atoms with van der Waals surface area (Å²) in [4.78, 5) is 0. The molecule has 0 aliphatic heterocycles. The van der Waals surface area contributed by atoms with Crippen LogP contribution in [-0.2, 0) is 0 Å². The third kappa shape index (κ3) is 7.18. The summed E-state index contributed by atoms with van der Waals surface area (Å²) in [5.74, 6) is -0.175. The van der Waals surface area contributed by atoms with Crippen molar-refractivity contribution in [2.45, 2.75) is 38.8 Å². The first-order valence-corrected chi connectivity index (χ1v) is 5.65. The molecule has 0 N–H and O–H groups in total. The van der Waals surface area contributed by atoms with Crippen LogP contribution >= 0.6 is 22.6 Å². The lowest BCUT2D eigenvalue weighted by molar-refractivity contribution is -0.143. The zero-order valence-electron chi connectivity index (χ0n) is 7.12. The summed E-state index contributed by atoms with van der Waals surface area (Å²) >= 11 is 2.03. The third-order valence-corrected chi connectivity index (χ3v) is 2.95. The molecule has 0 fully saturated rings. The minimum Gasteiger partial charge on any atom is -0.171 e. The van der Waals surface area contributed by atoms with Crippen LogP contribution in [-0.4, -0.2) is 10.6 Å². The number of rotatable bonds is 5. The van der Waals surface area contributed by atoms with Crippen molar-refractivity contribution in [3.05, 3.63) is 0 Å². The molecule has 0 aromatic heterocycles. The van der Waals surface area contributed by atoms with Crippen molar-refractivity contribution in [2.75, 3.05) is 4.43 Å². The number of hydrogen-bond donors (Lipinski definition) is 0. The van der Waals surface area contributed by atoms with Gasteiger partial charge in [-0.1, -0.05) is 42.4 Å². The topological polar surface area (TPSA) is 0 Å². The van der Waals surface area contributed by atoms with Crippen LogP contribution in [0, 0.1) is 5.92 Å². The van der Waals surface area contributed by atoms with Crippen LogP contribution in [0.5, 0.6) is 0 Å². The van der Waals surface area contributed by atoms with Crippen LogP contribution in [0.2, 0.25) is 0 Å². The SMILES string of the molecule is CCCCC(CI)CC(F)(F)F. The Bertz CT molecular complexity index is 111. The molecule has 74 valence electrons. The summed E-state index contributed by atoms with van der Waals surface area (Å²) in [5, 5.41) is 0. The summed E-state index contributed by atoms with van der Waals surface area (Å²) in [6.45, 7) is 2.00. The fraction of sp³-hybridized carbons (Fsp3) is 1.00. The van der Waals surface area contributed by atoms with Crippen LogP contribution in [0.15, 0.2) is 0 Å². The van der Waals surface area contributed by atoms with E-state index >= 15 is 0 Å². The van der Waals surface area contributed by atoms with E-state index in [-0.39, 0.29) is 5.92 Å². The fourth-order valence-corrected chi connectivity index (χ4v) is 1.81. The molecule has 4 heteroatoms. The van der Waals surface area contributed by atoms with Crippen LogP contribution in [0.4, 0.5) is 13.2 Å². The van der Waals surface area contributed by atoms with Crippen LogP contribution < -0.4 is 0 Å². The van der Waals surface area contributed by atoms with Gasteiger partial charge in [-0.15, -0.1) is 0 Å². The summed E-state index contributed by atoms with van der Waals surface area (Å²) in [7, 11) is 0. The Balaban J connectivity index is 3.67. The van der Waals surface area contributed by atoms with Crippen molar-refractivity contribution in [1.29, 1.82) is 0 Å². The highest BCUT2D eigenvalue weighted by Gasteiger charge is 2.30.